The second-order valence-corrected chi connectivity index (χ2v) is 4.83. The molecule has 1 rings (SSSR count). The van der Waals surface area contributed by atoms with Crippen LogP contribution in [0.5, 0.6) is 0 Å². The van der Waals surface area contributed by atoms with E-state index < -0.39 is 6.10 Å². The smallest absolute Gasteiger partial charge is 0.165 e. The zero-order chi connectivity index (χ0) is 12.3. The molecular weight excluding hydrogens is 200 g/mol. The molecule has 0 aliphatic carbocycles. The van der Waals surface area contributed by atoms with Gasteiger partial charge in [-0.2, -0.15) is 0 Å². The third-order valence-corrected chi connectivity index (χ3v) is 2.62. The van der Waals surface area contributed by atoms with E-state index in [1.807, 2.05) is 39.8 Å². The van der Waals surface area contributed by atoms with Gasteiger partial charge in [-0.1, -0.05) is 43.2 Å². The first-order chi connectivity index (χ1) is 7.40. The molecule has 1 unspecified atom stereocenters. The molecule has 2 heteroatoms. The Hall–Kier alpha value is -1.15. The molecule has 0 aliphatic rings. The van der Waals surface area contributed by atoms with Gasteiger partial charge in [-0.05, 0) is 25.3 Å². The lowest BCUT2D eigenvalue weighted by atomic mass is 9.96. The first kappa shape index (κ1) is 12.9. The van der Waals surface area contributed by atoms with Crippen molar-refractivity contribution in [1.82, 2.24) is 0 Å². The van der Waals surface area contributed by atoms with E-state index in [1.165, 1.54) is 0 Å². The molecule has 0 heterocycles. The summed E-state index contributed by atoms with van der Waals surface area (Å²) >= 11 is 0. The van der Waals surface area contributed by atoms with Gasteiger partial charge in [-0.3, -0.25) is 4.79 Å². The SMILES string of the molecule is Cc1cc(C)cc(CC(=O)C(O)C(C)C)c1. The number of aliphatic hydroxyl groups excluding tert-OH is 1. The van der Waals surface area contributed by atoms with Crippen LogP contribution in [0.25, 0.3) is 0 Å². The van der Waals surface area contributed by atoms with Gasteiger partial charge < -0.3 is 5.11 Å². The predicted octanol–water partition coefficient (Wildman–Crippen LogP) is 2.43. The molecule has 88 valence electrons. The molecule has 0 saturated carbocycles. The van der Waals surface area contributed by atoms with Crippen LogP contribution in [-0.4, -0.2) is 17.0 Å². The number of hydrogen-bond donors (Lipinski definition) is 1. The third-order valence-electron chi connectivity index (χ3n) is 2.62. The van der Waals surface area contributed by atoms with E-state index in [1.54, 1.807) is 0 Å². The molecule has 0 bridgehead atoms. The van der Waals surface area contributed by atoms with Gasteiger partial charge in [-0.15, -0.1) is 0 Å². The van der Waals surface area contributed by atoms with E-state index in [0.717, 1.165) is 16.7 Å². The third kappa shape index (κ3) is 3.46. The second kappa shape index (κ2) is 5.26. The summed E-state index contributed by atoms with van der Waals surface area (Å²) in [4.78, 5) is 11.7. The lowest BCUT2D eigenvalue weighted by molar-refractivity contribution is -0.128. The van der Waals surface area contributed by atoms with Gasteiger partial charge in [0.15, 0.2) is 5.78 Å². The first-order valence-corrected chi connectivity index (χ1v) is 5.68. The van der Waals surface area contributed by atoms with Crippen molar-refractivity contribution in [2.75, 3.05) is 0 Å². The summed E-state index contributed by atoms with van der Waals surface area (Å²) in [6.45, 7) is 7.73. The number of aryl methyl sites for hydroxylation is 2. The van der Waals surface area contributed by atoms with Crippen LogP contribution < -0.4 is 0 Å². The van der Waals surface area contributed by atoms with Crippen LogP contribution in [0.15, 0.2) is 18.2 Å². The lowest BCUT2D eigenvalue weighted by Gasteiger charge is -2.13. The number of hydrogen-bond acceptors (Lipinski definition) is 2. The van der Waals surface area contributed by atoms with Crippen LogP contribution >= 0.6 is 0 Å². The van der Waals surface area contributed by atoms with E-state index in [-0.39, 0.29) is 11.7 Å². The Balaban J connectivity index is 2.77. The van der Waals surface area contributed by atoms with Gasteiger partial charge in [0.2, 0.25) is 0 Å². The molecule has 0 aliphatic heterocycles. The van der Waals surface area contributed by atoms with E-state index in [0.29, 0.717) is 6.42 Å². The number of ketones is 1. The average molecular weight is 220 g/mol. The summed E-state index contributed by atoms with van der Waals surface area (Å²) < 4.78 is 0. The molecule has 0 aromatic heterocycles. The molecule has 0 spiro atoms. The molecule has 1 N–H and O–H groups in total. The molecule has 0 fully saturated rings. The van der Waals surface area contributed by atoms with Crippen LogP contribution in [0.2, 0.25) is 0 Å². The van der Waals surface area contributed by atoms with Gasteiger partial charge in [0.1, 0.15) is 6.10 Å². The molecule has 0 amide bonds. The standard InChI is InChI=1S/C14H20O2/c1-9(2)14(16)13(15)8-12-6-10(3)5-11(4)7-12/h5-7,9,14,16H,8H2,1-4H3. The molecule has 16 heavy (non-hydrogen) atoms. The number of Topliss-reactive ketones (excluding diaryl/α,β-unsaturated/α-hetero) is 1. The van der Waals surface area contributed by atoms with Gasteiger partial charge in [0.25, 0.3) is 0 Å². The Morgan fingerprint density at radius 1 is 1.19 bits per heavy atom. The Morgan fingerprint density at radius 2 is 1.69 bits per heavy atom. The fourth-order valence-corrected chi connectivity index (χ4v) is 1.85. The first-order valence-electron chi connectivity index (χ1n) is 5.68. The highest BCUT2D eigenvalue weighted by atomic mass is 16.3. The highest BCUT2D eigenvalue weighted by Crippen LogP contribution is 2.12. The molecule has 0 saturated heterocycles. The van der Waals surface area contributed by atoms with Gasteiger partial charge in [-0.25, -0.2) is 0 Å². The maximum Gasteiger partial charge on any atom is 0.165 e. The van der Waals surface area contributed by atoms with Crippen LogP contribution in [0.4, 0.5) is 0 Å². The zero-order valence-electron chi connectivity index (χ0n) is 10.4. The topological polar surface area (TPSA) is 37.3 Å². The summed E-state index contributed by atoms with van der Waals surface area (Å²) in [7, 11) is 0. The fraction of sp³-hybridized carbons (Fsp3) is 0.500. The Morgan fingerprint density at radius 3 is 2.12 bits per heavy atom. The van der Waals surface area contributed by atoms with Crippen molar-refractivity contribution < 1.29 is 9.90 Å². The molecule has 1 aromatic rings. The summed E-state index contributed by atoms with van der Waals surface area (Å²) in [5.41, 5.74) is 3.30. The van der Waals surface area contributed by atoms with Gasteiger partial charge >= 0.3 is 0 Å². The highest BCUT2D eigenvalue weighted by molar-refractivity contribution is 5.85. The van der Waals surface area contributed by atoms with E-state index in [2.05, 4.69) is 6.07 Å². The van der Waals surface area contributed by atoms with Crippen molar-refractivity contribution in [3.05, 3.63) is 34.9 Å². The summed E-state index contributed by atoms with van der Waals surface area (Å²) in [5, 5.41) is 9.65. The van der Waals surface area contributed by atoms with Gasteiger partial charge in [0.05, 0.1) is 0 Å². The summed E-state index contributed by atoms with van der Waals surface area (Å²) in [5.74, 6) is -0.113. The quantitative estimate of drug-likeness (QED) is 0.846. The average Bonchev–Trinajstić information content (AvgIpc) is 2.14. The Kier molecular flexibility index (Phi) is 4.25. The Bertz CT molecular complexity index is 360. The van der Waals surface area contributed by atoms with Crippen LogP contribution in [-0.2, 0) is 11.2 Å². The minimum atomic E-state index is -0.846. The normalized spacial score (nSPS) is 12.9. The second-order valence-electron chi connectivity index (χ2n) is 4.83. The summed E-state index contributed by atoms with van der Waals surface area (Å²) in [6, 6.07) is 6.07. The molecular formula is C14H20O2. The predicted molar refractivity (Wildman–Crippen MR) is 65.5 cm³/mol. The van der Waals surface area contributed by atoms with Crippen molar-refractivity contribution in [2.45, 2.75) is 40.2 Å². The van der Waals surface area contributed by atoms with E-state index in [4.69, 9.17) is 0 Å². The van der Waals surface area contributed by atoms with Crippen molar-refractivity contribution in [1.29, 1.82) is 0 Å². The lowest BCUT2D eigenvalue weighted by Crippen LogP contribution is -2.27. The number of carbonyl (C=O) groups excluding carboxylic acids is 1. The van der Waals surface area contributed by atoms with Crippen LogP contribution in [0.3, 0.4) is 0 Å². The van der Waals surface area contributed by atoms with E-state index in [9.17, 15) is 9.90 Å². The van der Waals surface area contributed by atoms with E-state index >= 15 is 0 Å². The number of benzene rings is 1. The minimum absolute atomic E-state index is 0.0154. The zero-order valence-corrected chi connectivity index (χ0v) is 10.4. The fourth-order valence-electron chi connectivity index (χ4n) is 1.85. The minimum Gasteiger partial charge on any atom is -0.385 e. The van der Waals surface area contributed by atoms with Gasteiger partial charge in [0, 0.05) is 6.42 Å². The van der Waals surface area contributed by atoms with Crippen molar-refractivity contribution in [3.63, 3.8) is 0 Å². The van der Waals surface area contributed by atoms with Crippen LogP contribution in [0.1, 0.15) is 30.5 Å². The molecule has 1 atom stereocenters. The molecule has 0 radical (unpaired) electrons. The summed E-state index contributed by atoms with van der Waals surface area (Å²) in [6.07, 6.45) is -0.525. The van der Waals surface area contributed by atoms with Crippen molar-refractivity contribution in [3.8, 4) is 0 Å². The maximum absolute atomic E-state index is 11.7. The van der Waals surface area contributed by atoms with Crippen LogP contribution in [0, 0.1) is 19.8 Å². The number of carbonyl (C=O) groups is 1. The number of aliphatic hydroxyl groups is 1. The van der Waals surface area contributed by atoms with Crippen molar-refractivity contribution >= 4 is 5.78 Å². The highest BCUT2D eigenvalue weighted by Gasteiger charge is 2.18. The van der Waals surface area contributed by atoms with Crippen molar-refractivity contribution in [2.24, 2.45) is 5.92 Å². The monoisotopic (exact) mass is 220 g/mol. The Labute approximate surface area is 97.3 Å². The maximum atomic E-state index is 11.7. The largest absolute Gasteiger partial charge is 0.385 e. The molecule has 2 nitrogen and oxygen atoms in total. The molecule has 1 aromatic carbocycles. The number of rotatable bonds is 4.